The molecule has 0 radical (unpaired) electrons. The molecule has 0 atom stereocenters. The van der Waals surface area contributed by atoms with E-state index in [0.717, 1.165) is 24.8 Å². The summed E-state index contributed by atoms with van der Waals surface area (Å²) in [4.78, 5) is 35.5. The van der Waals surface area contributed by atoms with Gasteiger partial charge in [0, 0.05) is 30.6 Å². The molecule has 3 N–H and O–H groups in total. The highest BCUT2D eigenvalue weighted by molar-refractivity contribution is 5.96. The summed E-state index contributed by atoms with van der Waals surface area (Å²) in [6, 6.07) is 8.50. The summed E-state index contributed by atoms with van der Waals surface area (Å²) in [6.45, 7) is 1.99. The van der Waals surface area contributed by atoms with Crippen molar-refractivity contribution in [2.24, 2.45) is 5.92 Å². The van der Waals surface area contributed by atoms with Crippen molar-refractivity contribution in [1.29, 1.82) is 0 Å². The van der Waals surface area contributed by atoms with Gasteiger partial charge in [-0.15, -0.1) is 0 Å². The number of benzene rings is 1. The fraction of sp³-hybridized carbons (Fsp3) is 0.350. The van der Waals surface area contributed by atoms with Crippen LogP contribution in [0.5, 0.6) is 0 Å². The number of anilines is 1. The van der Waals surface area contributed by atoms with E-state index < -0.39 is 11.9 Å². The van der Waals surface area contributed by atoms with Crippen molar-refractivity contribution in [3.63, 3.8) is 0 Å². The molecule has 2 aromatic rings. The van der Waals surface area contributed by atoms with E-state index >= 15 is 0 Å². The SMILES string of the molecule is CCc1oc(C(=O)NCc2cccc(NC(=O)C3CCC3)c2)cc1C(=O)O. The number of rotatable bonds is 7. The quantitative estimate of drug-likeness (QED) is 0.693. The zero-order valence-electron chi connectivity index (χ0n) is 15.1. The largest absolute Gasteiger partial charge is 0.478 e. The Balaban J connectivity index is 1.61. The average molecular weight is 370 g/mol. The summed E-state index contributed by atoms with van der Waals surface area (Å²) in [7, 11) is 0. The first-order valence-electron chi connectivity index (χ1n) is 9.02. The van der Waals surface area contributed by atoms with Crippen molar-refractivity contribution in [2.45, 2.75) is 39.2 Å². The molecule has 27 heavy (non-hydrogen) atoms. The number of carbonyl (C=O) groups excluding carboxylic acids is 2. The lowest BCUT2D eigenvalue weighted by atomic mass is 9.85. The Morgan fingerprint density at radius 2 is 2.00 bits per heavy atom. The molecule has 0 bridgehead atoms. The number of amides is 2. The van der Waals surface area contributed by atoms with Crippen LogP contribution in [0.2, 0.25) is 0 Å². The number of aromatic carboxylic acids is 1. The summed E-state index contributed by atoms with van der Waals surface area (Å²) in [5.41, 5.74) is 1.51. The Morgan fingerprint density at radius 1 is 1.22 bits per heavy atom. The van der Waals surface area contributed by atoms with Gasteiger partial charge in [-0.1, -0.05) is 25.5 Å². The molecule has 1 saturated carbocycles. The van der Waals surface area contributed by atoms with E-state index in [1.165, 1.54) is 6.07 Å². The first kappa shape index (κ1) is 18.7. The second kappa shape index (κ2) is 8.07. The van der Waals surface area contributed by atoms with Gasteiger partial charge in [0.25, 0.3) is 5.91 Å². The number of aryl methyl sites for hydroxylation is 1. The molecule has 2 amide bonds. The first-order valence-corrected chi connectivity index (χ1v) is 9.02. The second-order valence-electron chi connectivity index (χ2n) is 6.61. The van der Waals surface area contributed by atoms with Gasteiger partial charge >= 0.3 is 5.97 Å². The maximum absolute atomic E-state index is 12.3. The van der Waals surface area contributed by atoms with Crippen LogP contribution < -0.4 is 10.6 Å². The summed E-state index contributed by atoms with van der Waals surface area (Å²) in [5.74, 6) is -1.23. The average Bonchev–Trinajstić information content (AvgIpc) is 3.03. The van der Waals surface area contributed by atoms with Gasteiger partial charge in [0.1, 0.15) is 11.3 Å². The Kier molecular flexibility index (Phi) is 5.59. The fourth-order valence-corrected chi connectivity index (χ4v) is 2.93. The van der Waals surface area contributed by atoms with Gasteiger partial charge in [0.15, 0.2) is 5.76 Å². The molecule has 0 aliphatic heterocycles. The Hall–Kier alpha value is -3.09. The monoisotopic (exact) mass is 370 g/mol. The van der Waals surface area contributed by atoms with Crippen molar-refractivity contribution in [1.82, 2.24) is 5.32 Å². The minimum absolute atomic E-state index is 0.00311. The molecule has 142 valence electrons. The van der Waals surface area contributed by atoms with Crippen molar-refractivity contribution in [3.8, 4) is 0 Å². The molecule has 1 aromatic carbocycles. The Morgan fingerprint density at radius 3 is 2.59 bits per heavy atom. The van der Waals surface area contributed by atoms with E-state index in [4.69, 9.17) is 9.52 Å². The number of nitrogens with one attached hydrogen (secondary N) is 2. The summed E-state index contributed by atoms with van der Waals surface area (Å²) < 4.78 is 5.35. The molecule has 1 aliphatic rings. The van der Waals surface area contributed by atoms with Crippen LogP contribution in [0, 0.1) is 5.92 Å². The number of hydrogen-bond donors (Lipinski definition) is 3. The van der Waals surface area contributed by atoms with Crippen LogP contribution >= 0.6 is 0 Å². The third kappa shape index (κ3) is 4.36. The standard InChI is InChI=1S/C20H22N2O5/c1-2-16-15(20(25)26)10-17(27-16)19(24)21-11-12-5-3-8-14(9-12)22-18(23)13-6-4-7-13/h3,5,8-10,13H,2,4,6-7,11H2,1H3,(H,21,24)(H,22,23)(H,25,26). The smallest absolute Gasteiger partial charge is 0.339 e. The van der Waals surface area contributed by atoms with Gasteiger partial charge in [0.2, 0.25) is 5.91 Å². The molecule has 0 unspecified atom stereocenters. The highest BCUT2D eigenvalue weighted by Gasteiger charge is 2.25. The van der Waals surface area contributed by atoms with Gasteiger partial charge < -0.3 is 20.2 Å². The number of furan rings is 1. The minimum Gasteiger partial charge on any atom is -0.478 e. The lowest BCUT2D eigenvalue weighted by molar-refractivity contribution is -0.122. The maximum Gasteiger partial charge on any atom is 0.339 e. The van der Waals surface area contributed by atoms with Gasteiger partial charge in [-0.05, 0) is 30.5 Å². The third-order valence-electron chi connectivity index (χ3n) is 4.71. The van der Waals surface area contributed by atoms with E-state index in [9.17, 15) is 14.4 Å². The zero-order chi connectivity index (χ0) is 19.4. The number of carbonyl (C=O) groups is 3. The predicted molar refractivity (Wildman–Crippen MR) is 98.6 cm³/mol. The molecule has 0 saturated heterocycles. The third-order valence-corrected chi connectivity index (χ3v) is 4.71. The molecule has 1 fully saturated rings. The van der Waals surface area contributed by atoms with Crippen molar-refractivity contribution >= 4 is 23.5 Å². The van der Waals surface area contributed by atoms with Crippen LogP contribution in [0.3, 0.4) is 0 Å². The van der Waals surface area contributed by atoms with Crippen LogP contribution in [0.15, 0.2) is 34.7 Å². The molecule has 1 aliphatic carbocycles. The number of carboxylic acids is 1. The Bertz CT molecular complexity index is 867. The zero-order valence-corrected chi connectivity index (χ0v) is 15.1. The maximum atomic E-state index is 12.3. The lowest BCUT2D eigenvalue weighted by Crippen LogP contribution is -2.28. The van der Waals surface area contributed by atoms with Crippen LogP contribution in [-0.2, 0) is 17.8 Å². The number of hydrogen-bond acceptors (Lipinski definition) is 4. The Labute approximate surface area is 156 Å². The summed E-state index contributed by atoms with van der Waals surface area (Å²) in [6.07, 6.45) is 3.35. The van der Waals surface area contributed by atoms with E-state index in [2.05, 4.69) is 10.6 Å². The van der Waals surface area contributed by atoms with Gasteiger partial charge in [-0.2, -0.15) is 0 Å². The molecule has 1 aromatic heterocycles. The van der Waals surface area contributed by atoms with E-state index in [1.807, 2.05) is 12.1 Å². The van der Waals surface area contributed by atoms with Crippen LogP contribution in [0.1, 0.15) is 58.4 Å². The lowest BCUT2D eigenvalue weighted by Gasteiger charge is -2.24. The van der Waals surface area contributed by atoms with Crippen molar-refractivity contribution in [3.05, 3.63) is 53.0 Å². The first-order chi connectivity index (χ1) is 13.0. The predicted octanol–water partition coefficient (Wildman–Crippen LogP) is 3.21. The van der Waals surface area contributed by atoms with Crippen LogP contribution in [-0.4, -0.2) is 22.9 Å². The number of carboxylic acid groups (broad SMARTS) is 1. The molecular weight excluding hydrogens is 348 g/mol. The minimum atomic E-state index is -1.12. The molecule has 3 rings (SSSR count). The molecule has 1 heterocycles. The molecule has 7 nitrogen and oxygen atoms in total. The van der Waals surface area contributed by atoms with E-state index in [0.29, 0.717) is 12.1 Å². The van der Waals surface area contributed by atoms with Gasteiger partial charge in [0.05, 0.1) is 0 Å². The highest BCUT2D eigenvalue weighted by Crippen LogP contribution is 2.27. The van der Waals surface area contributed by atoms with E-state index in [1.54, 1.807) is 19.1 Å². The van der Waals surface area contributed by atoms with E-state index in [-0.39, 0.29) is 35.5 Å². The van der Waals surface area contributed by atoms with Crippen LogP contribution in [0.25, 0.3) is 0 Å². The van der Waals surface area contributed by atoms with Gasteiger partial charge in [-0.25, -0.2) is 4.79 Å². The van der Waals surface area contributed by atoms with Gasteiger partial charge in [-0.3, -0.25) is 9.59 Å². The second-order valence-corrected chi connectivity index (χ2v) is 6.61. The topological polar surface area (TPSA) is 109 Å². The fourth-order valence-electron chi connectivity index (χ4n) is 2.93. The van der Waals surface area contributed by atoms with Crippen LogP contribution in [0.4, 0.5) is 5.69 Å². The highest BCUT2D eigenvalue weighted by atomic mass is 16.4. The normalized spacial score (nSPS) is 13.7. The van der Waals surface area contributed by atoms with Crippen molar-refractivity contribution in [2.75, 3.05) is 5.32 Å². The van der Waals surface area contributed by atoms with Crippen molar-refractivity contribution < 1.29 is 23.9 Å². The molecule has 7 heteroatoms. The summed E-state index contributed by atoms with van der Waals surface area (Å²) in [5, 5.41) is 14.7. The molecular formula is C20H22N2O5. The summed E-state index contributed by atoms with van der Waals surface area (Å²) >= 11 is 0. The molecule has 0 spiro atoms.